The average Bonchev–Trinajstić information content (AvgIpc) is 2.40. The molecule has 0 aromatic heterocycles. The van der Waals surface area contributed by atoms with Crippen LogP contribution in [0.3, 0.4) is 0 Å². The van der Waals surface area contributed by atoms with E-state index in [1.54, 1.807) is 6.92 Å². The Morgan fingerprint density at radius 3 is 2.77 bits per heavy atom. The molecule has 0 aliphatic carbocycles. The first-order chi connectivity index (χ1) is 10.3. The summed E-state index contributed by atoms with van der Waals surface area (Å²) < 4.78 is 37.3. The Morgan fingerprint density at radius 1 is 1.45 bits per heavy atom. The van der Waals surface area contributed by atoms with Gasteiger partial charge in [-0.2, -0.15) is 0 Å². The minimum Gasteiger partial charge on any atom is -0.310 e. The second-order valence-corrected chi connectivity index (χ2v) is 8.23. The van der Waals surface area contributed by atoms with Crippen LogP contribution < -0.4 is 4.90 Å². The van der Waals surface area contributed by atoms with E-state index in [1.807, 2.05) is 0 Å². The summed E-state index contributed by atoms with van der Waals surface area (Å²) in [5.41, 5.74) is 0.176. The lowest BCUT2D eigenvalue weighted by atomic mass is 10.0. The summed E-state index contributed by atoms with van der Waals surface area (Å²) in [7, 11) is -3.05. The second kappa shape index (κ2) is 6.96. The van der Waals surface area contributed by atoms with Crippen LogP contribution in [0.2, 0.25) is 5.02 Å². The smallest absolute Gasteiger partial charge is 0.227 e. The van der Waals surface area contributed by atoms with E-state index >= 15 is 0 Å². The van der Waals surface area contributed by atoms with Crippen molar-refractivity contribution in [3.63, 3.8) is 0 Å². The van der Waals surface area contributed by atoms with Crippen LogP contribution in [0.1, 0.15) is 26.2 Å². The molecule has 1 fully saturated rings. The van der Waals surface area contributed by atoms with Crippen molar-refractivity contribution < 1.29 is 17.6 Å². The zero-order valence-electron chi connectivity index (χ0n) is 12.4. The van der Waals surface area contributed by atoms with Crippen molar-refractivity contribution >= 4 is 33.0 Å². The molecule has 1 aromatic carbocycles. The molecule has 0 radical (unpaired) electrons. The van der Waals surface area contributed by atoms with Gasteiger partial charge in [0.05, 0.1) is 17.2 Å². The van der Waals surface area contributed by atoms with Crippen molar-refractivity contribution in [3.8, 4) is 0 Å². The summed E-state index contributed by atoms with van der Waals surface area (Å²) in [5.74, 6) is -0.763. The number of amides is 1. The summed E-state index contributed by atoms with van der Waals surface area (Å²) >= 11 is 5.72. The molecule has 1 saturated heterocycles. The van der Waals surface area contributed by atoms with E-state index in [0.717, 1.165) is 6.07 Å². The molecule has 1 atom stereocenters. The molecule has 1 aromatic rings. The van der Waals surface area contributed by atoms with E-state index in [2.05, 4.69) is 0 Å². The number of nitrogens with zero attached hydrogens (tertiary/aromatic N) is 1. The summed E-state index contributed by atoms with van der Waals surface area (Å²) in [4.78, 5) is 13.8. The number of carbonyl (C=O) groups is 1. The Balaban J connectivity index is 2.12. The standard InChI is InChI=1S/C15H19ClFNO3S/c1-2-18(14-6-5-12(16)9-13(14)17)15(19)8-11-4-3-7-22(20,21)10-11/h5-6,9,11H,2-4,7-8,10H2,1H3/t11-/m0/s1. The van der Waals surface area contributed by atoms with Crippen molar-refractivity contribution in [2.75, 3.05) is 23.0 Å². The molecule has 0 N–H and O–H groups in total. The molecule has 2 rings (SSSR count). The third kappa shape index (κ3) is 4.20. The summed E-state index contributed by atoms with van der Waals surface area (Å²) in [6.45, 7) is 2.07. The fourth-order valence-corrected chi connectivity index (χ4v) is 4.75. The molecule has 0 spiro atoms. The predicted octanol–water partition coefficient (Wildman–Crippen LogP) is 3.05. The minimum absolute atomic E-state index is 0.0411. The number of hydrogen-bond acceptors (Lipinski definition) is 3. The number of carbonyl (C=O) groups excluding carboxylic acids is 1. The molecule has 1 amide bonds. The number of anilines is 1. The molecule has 122 valence electrons. The zero-order valence-corrected chi connectivity index (χ0v) is 14.0. The van der Waals surface area contributed by atoms with Crippen molar-refractivity contribution in [1.82, 2.24) is 0 Å². The normalized spacial score (nSPS) is 20.6. The van der Waals surface area contributed by atoms with Gasteiger partial charge < -0.3 is 4.90 Å². The van der Waals surface area contributed by atoms with E-state index < -0.39 is 15.7 Å². The summed E-state index contributed by atoms with van der Waals surface area (Å²) in [6.07, 6.45) is 1.42. The lowest BCUT2D eigenvalue weighted by Gasteiger charge is -2.26. The third-order valence-corrected chi connectivity index (χ3v) is 5.96. The van der Waals surface area contributed by atoms with Gasteiger partial charge in [-0.3, -0.25) is 4.79 Å². The summed E-state index contributed by atoms with van der Waals surface area (Å²) in [6, 6.07) is 4.16. The van der Waals surface area contributed by atoms with Crippen LogP contribution in [0.5, 0.6) is 0 Å². The fourth-order valence-electron chi connectivity index (χ4n) is 2.82. The van der Waals surface area contributed by atoms with Gasteiger partial charge in [0.25, 0.3) is 0 Å². The van der Waals surface area contributed by atoms with Gasteiger partial charge in [-0.05, 0) is 43.9 Å². The van der Waals surface area contributed by atoms with E-state index in [0.29, 0.717) is 19.4 Å². The van der Waals surface area contributed by atoms with Crippen LogP contribution >= 0.6 is 11.6 Å². The SMILES string of the molecule is CCN(C(=O)C[C@@H]1CCCS(=O)(=O)C1)c1ccc(Cl)cc1F. The monoisotopic (exact) mass is 347 g/mol. The highest BCUT2D eigenvalue weighted by Gasteiger charge is 2.28. The van der Waals surface area contributed by atoms with Crippen LogP contribution in [0.15, 0.2) is 18.2 Å². The molecule has 0 unspecified atom stereocenters. The highest BCUT2D eigenvalue weighted by atomic mass is 35.5. The summed E-state index contributed by atoms with van der Waals surface area (Å²) in [5, 5.41) is 0.267. The van der Waals surface area contributed by atoms with Gasteiger partial charge in [0.15, 0.2) is 9.84 Å². The first-order valence-electron chi connectivity index (χ1n) is 7.28. The maximum absolute atomic E-state index is 14.0. The highest BCUT2D eigenvalue weighted by molar-refractivity contribution is 7.91. The number of sulfone groups is 1. The van der Waals surface area contributed by atoms with Gasteiger partial charge in [-0.25, -0.2) is 12.8 Å². The Kier molecular flexibility index (Phi) is 5.45. The van der Waals surface area contributed by atoms with Gasteiger partial charge in [-0.1, -0.05) is 11.6 Å². The molecular weight excluding hydrogens is 329 g/mol. The second-order valence-electron chi connectivity index (χ2n) is 5.56. The van der Waals surface area contributed by atoms with E-state index in [9.17, 15) is 17.6 Å². The molecule has 0 bridgehead atoms. The molecule has 7 heteroatoms. The topological polar surface area (TPSA) is 54.5 Å². The van der Waals surface area contributed by atoms with Gasteiger partial charge in [0.2, 0.25) is 5.91 Å². The van der Waals surface area contributed by atoms with Crippen molar-refractivity contribution in [3.05, 3.63) is 29.0 Å². The number of halogens is 2. The highest BCUT2D eigenvalue weighted by Crippen LogP contribution is 2.26. The lowest BCUT2D eigenvalue weighted by molar-refractivity contribution is -0.119. The van der Waals surface area contributed by atoms with Crippen LogP contribution in [-0.4, -0.2) is 32.4 Å². The fraction of sp³-hybridized carbons (Fsp3) is 0.533. The van der Waals surface area contributed by atoms with E-state index in [1.165, 1.54) is 17.0 Å². The van der Waals surface area contributed by atoms with Crippen LogP contribution in [0.25, 0.3) is 0 Å². The predicted molar refractivity (Wildman–Crippen MR) is 85.4 cm³/mol. The molecule has 0 saturated carbocycles. The maximum atomic E-state index is 14.0. The molecule has 22 heavy (non-hydrogen) atoms. The van der Waals surface area contributed by atoms with Crippen LogP contribution in [0.4, 0.5) is 10.1 Å². The minimum atomic E-state index is -3.05. The van der Waals surface area contributed by atoms with Gasteiger partial charge in [-0.15, -0.1) is 0 Å². The molecule has 1 heterocycles. The van der Waals surface area contributed by atoms with E-state index in [-0.39, 0.29) is 40.5 Å². The average molecular weight is 348 g/mol. The Morgan fingerprint density at radius 2 is 2.18 bits per heavy atom. The van der Waals surface area contributed by atoms with Crippen molar-refractivity contribution in [1.29, 1.82) is 0 Å². The molecular formula is C15H19ClFNO3S. The largest absolute Gasteiger partial charge is 0.310 e. The van der Waals surface area contributed by atoms with Crippen molar-refractivity contribution in [2.45, 2.75) is 26.2 Å². The quantitative estimate of drug-likeness (QED) is 0.841. The maximum Gasteiger partial charge on any atom is 0.227 e. The Labute approximate surface area is 135 Å². The molecule has 4 nitrogen and oxygen atoms in total. The number of benzene rings is 1. The van der Waals surface area contributed by atoms with Crippen LogP contribution in [0, 0.1) is 11.7 Å². The zero-order chi connectivity index (χ0) is 16.3. The number of hydrogen-bond donors (Lipinski definition) is 0. The van der Waals surface area contributed by atoms with Crippen LogP contribution in [-0.2, 0) is 14.6 Å². The number of rotatable bonds is 4. The Bertz CT molecular complexity index is 663. The third-order valence-electron chi connectivity index (χ3n) is 3.84. The van der Waals surface area contributed by atoms with Crippen molar-refractivity contribution in [2.24, 2.45) is 5.92 Å². The van der Waals surface area contributed by atoms with Gasteiger partial charge in [0.1, 0.15) is 5.82 Å². The Hall–Kier alpha value is -1.14. The van der Waals surface area contributed by atoms with E-state index in [4.69, 9.17) is 11.6 Å². The van der Waals surface area contributed by atoms with Gasteiger partial charge in [0, 0.05) is 18.0 Å². The van der Waals surface area contributed by atoms with Gasteiger partial charge >= 0.3 is 0 Å². The first-order valence-corrected chi connectivity index (χ1v) is 9.48. The molecule has 1 aliphatic heterocycles. The molecule has 1 aliphatic rings. The lowest BCUT2D eigenvalue weighted by Crippen LogP contribution is -2.35. The first kappa shape index (κ1) is 17.2.